The Hall–Kier alpha value is -0.580. The van der Waals surface area contributed by atoms with Crippen molar-refractivity contribution < 1.29 is 0 Å². The second-order valence-corrected chi connectivity index (χ2v) is 6.12. The normalized spacial score (nSPS) is 23.1. The molecule has 108 valence electrons. The molecule has 1 saturated carbocycles. The Bertz CT molecular complexity index is 372. The maximum atomic E-state index is 6.41. The first-order chi connectivity index (χ1) is 9.08. The van der Waals surface area contributed by atoms with Crippen molar-refractivity contribution in [3.63, 3.8) is 0 Å². The van der Waals surface area contributed by atoms with Crippen molar-refractivity contribution >= 4 is 17.3 Å². The van der Waals surface area contributed by atoms with Crippen LogP contribution in [-0.2, 0) is 0 Å². The number of nitrogens with two attached hydrogens (primary N) is 1. The molecule has 2 aliphatic rings. The number of aliphatic imine (C=N–C) groups is 1. The Balaban J connectivity index is 1.99. The smallest absolute Gasteiger partial charge is 0.0830 e. The summed E-state index contributed by atoms with van der Waals surface area (Å²) in [6.45, 7) is 7.81. The van der Waals surface area contributed by atoms with Gasteiger partial charge in [0.25, 0.3) is 0 Å². The molecule has 0 spiro atoms. The third-order valence-electron chi connectivity index (χ3n) is 3.68. The zero-order chi connectivity index (χ0) is 13.8. The number of hydrogen-bond acceptors (Lipinski definition) is 4. The van der Waals surface area contributed by atoms with Crippen LogP contribution in [-0.4, -0.2) is 48.9 Å². The molecule has 0 aromatic rings. The van der Waals surface area contributed by atoms with Crippen LogP contribution in [0.2, 0.25) is 0 Å². The van der Waals surface area contributed by atoms with Gasteiger partial charge in [-0.3, -0.25) is 9.89 Å². The Labute approximate surface area is 121 Å². The van der Waals surface area contributed by atoms with Gasteiger partial charge in [0.05, 0.1) is 10.7 Å². The first kappa shape index (κ1) is 14.8. The van der Waals surface area contributed by atoms with Crippen LogP contribution < -0.4 is 11.1 Å². The van der Waals surface area contributed by atoms with Crippen LogP contribution in [0.25, 0.3) is 0 Å². The summed E-state index contributed by atoms with van der Waals surface area (Å²) in [5.74, 6) is 0. The van der Waals surface area contributed by atoms with E-state index in [4.69, 9.17) is 17.3 Å². The minimum atomic E-state index is 0.513. The molecule has 0 unspecified atom stereocenters. The lowest BCUT2D eigenvalue weighted by Gasteiger charge is -2.25. The number of rotatable bonds is 5. The molecule has 1 fully saturated rings. The molecule has 0 radical (unpaired) electrons. The molecule has 0 amide bonds. The van der Waals surface area contributed by atoms with Crippen molar-refractivity contribution in [2.75, 3.05) is 26.2 Å². The highest BCUT2D eigenvalue weighted by molar-refractivity contribution is 6.44. The van der Waals surface area contributed by atoms with Gasteiger partial charge in [0.15, 0.2) is 0 Å². The SMILES string of the molecule is CC(C)N1CCCN=C(/C(Cl)=C(\N)CNC2CC2)C1. The average molecular weight is 285 g/mol. The highest BCUT2D eigenvalue weighted by Crippen LogP contribution is 2.19. The molecule has 0 aromatic heterocycles. The maximum Gasteiger partial charge on any atom is 0.0830 e. The highest BCUT2D eigenvalue weighted by Gasteiger charge is 2.22. The van der Waals surface area contributed by atoms with Crippen LogP contribution in [0.3, 0.4) is 0 Å². The van der Waals surface area contributed by atoms with Gasteiger partial charge >= 0.3 is 0 Å². The molecule has 0 saturated heterocycles. The third-order valence-corrected chi connectivity index (χ3v) is 4.14. The van der Waals surface area contributed by atoms with Gasteiger partial charge in [0.2, 0.25) is 0 Å². The van der Waals surface area contributed by atoms with E-state index in [1.165, 1.54) is 12.8 Å². The van der Waals surface area contributed by atoms with E-state index in [0.717, 1.165) is 37.5 Å². The summed E-state index contributed by atoms with van der Waals surface area (Å²) in [5.41, 5.74) is 7.75. The second kappa shape index (κ2) is 6.73. The third kappa shape index (κ3) is 4.48. The molecule has 0 bridgehead atoms. The van der Waals surface area contributed by atoms with Crippen molar-refractivity contribution in [1.82, 2.24) is 10.2 Å². The molecule has 0 aromatic carbocycles. The van der Waals surface area contributed by atoms with Gasteiger partial charge in [0.1, 0.15) is 0 Å². The predicted molar refractivity (Wildman–Crippen MR) is 81.7 cm³/mol. The minimum Gasteiger partial charge on any atom is -0.400 e. The van der Waals surface area contributed by atoms with Crippen LogP contribution in [0, 0.1) is 0 Å². The molecular weight excluding hydrogens is 260 g/mol. The van der Waals surface area contributed by atoms with E-state index in [-0.39, 0.29) is 0 Å². The van der Waals surface area contributed by atoms with Crippen molar-refractivity contribution in [2.24, 2.45) is 10.7 Å². The lowest BCUT2D eigenvalue weighted by Crippen LogP contribution is -2.36. The fraction of sp³-hybridized carbons (Fsp3) is 0.786. The zero-order valence-corrected chi connectivity index (χ0v) is 12.7. The maximum absolute atomic E-state index is 6.41. The van der Waals surface area contributed by atoms with Crippen LogP contribution in [0.15, 0.2) is 15.7 Å². The van der Waals surface area contributed by atoms with E-state index in [1.54, 1.807) is 0 Å². The van der Waals surface area contributed by atoms with Crippen LogP contribution in [0.4, 0.5) is 0 Å². The standard InChI is InChI=1S/C14H25ClN4/c1-10(2)19-7-3-6-17-13(9-19)14(15)12(16)8-18-11-4-5-11/h10-11,18H,3-9,16H2,1-2H3/b14-12+. The summed E-state index contributed by atoms with van der Waals surface area (Å²) in [4.78, 5) is 7.00. The fourth-order valence-electron chi connectivity index (χ4n) is 2.19. The van der Waals surface area contributed by atoms with Crippen molar-refractivity contribution in [1.29, 1.82) is 0 Å². The number of halogens is 1. The van der Waals surface area contributed by atoms with Gasteiger partial charge in [-0.15, -0.1) is 0 Å². The summed E-state index contributed by atoms with van der Waals surface area (Å²) in [5, 5.41) is 4.04. The van der Waals surface area contributed by atoms with Gasteiger partial charge in [-0.05, 0) is 33.1 Å². The van der Waals surface area contributed by atoms with Crippen LogP contribution in [0.1, 0.15) is 33.1 Å². The molecule has 5 heteroatoms. The molecule has 1 aliphatic heterocycles. The topological polar surface area (TPSA) is 53.6 Å². The highest BCUT2D eigenvalue weighted by atomic mass is 35.5. The largest absolute Gasteiger partial charge is 0.400 e. The fourth-order valence-corrected chi connectivity index (χ4v) is 2.38. The summed E-state index contributed by atoms with van der Waals surface area (Å²) < 4.78 is 0. The molecule has 0 atom stereocenters. The quantitative estimate of drug-likeness (QED) is 0.808. The first-order valence-electron chi connectivity index (χ1n) is 7.23. The lowest BCUT2D eigenvalue weighted by atomic mass is 10.2. The van der Waals surface area contributed by atoms with E-state index >= 15 is 0 Å². The Morgan fingerprint density at radius 3 is 2.89 bits per heavy atom. The molecule has 2 rings (SSSR count). The summed E-state index contributed by atoms with van der Waals surface area (Å²) >= 11 is 6.41. The van der Waals surface area contributed by atoms with Gasteiger partial charge in [-0.25, -0.2) is 0 Å². The van der Waals surface area contributed by atoms with Crippen LogP contribution in [0.5, 0.6) is 0 Å². The molecule has 3 N–H and O–H groups in total. The van der Waals surface area contributed by atoms with Crippen molar-refractivity contribution in [2.45, 2.75) is 45.2 Å². The lowest BCUT2D eigenvalue weighted by molar-refractivity contribution is 0.257. The zero-order valence-electron chi connectivity index (χ0n) is 12.0. The molecule has 1 aliphatic carbocycles. The summed E-state index contributed by atoms with van der Waals surface area (Å²) in [6.07, 6.45) is 3.60. The Morgan fingerprint density at radius 1 is 1.53 bits per heavy atom. The van der Waals surface area contributed by atoms with Gasteiger partial charge in [-0.2, -0.15) is 0 Å². The number of nitrogens with one attached hydrogen (secondary N) is 1. The van der Waals surface area contributed by atoms with Crippen LogP contribution >= 0.6 is 11.6 Å². The predicted octanol–water partition coefficient (Wildman–Crippen LogP) is 1.70. The number of hydrogen-bond donors (Lipinski definition) is 2. The monoisotopic (exact) mass is 284 g/mol. The van der Waals surface area contributed by atoms with E-state index in [0.29, 0.717) is 23.7 Å². The van der Waals surface area contributed by atoms with Gasteiger partial charge < -0.3 is 11.1 Å². The average Bonchev–Trinajstić information content (AvgIpc) is 3.20. The van der Waals surface area contributed by atoms with E-state index in [9.17, 15) is 0 Å². The molecule has 1 heterocycles. The van der Waals surface area contributed by atoms with E-state index < -0.39 is 0 Å². The molecule has 19 heavy (non-hydrogen) atoms. The van der Waals surface area contributed by atoms with E-state index in [2.05, 4.69) is 29.1 Å². The van der Waals surface area contributed by atoms with Crippen molar-refractivity contribution in [3.05, 3.63) is 10.7 Å². The minimum absolute atomic E-state index is 0.513. The second-order valence-electron chi connectivity index (χ2n) is 5.74. The van der Waals surface area contributed by atoms with Gasteiger partial charge in [0, 0.05) is 44.0 Å². The van der Waals surface area contributed by atoms with Crippen molar-refractivity contribution in [3.8, 4) is 0 Å². The van der Waals surface area contributed by atoms with Gasteiger partial charge in [-0.1, -0.05) is 11.6 Å². The Kier molecular flexibility index (Phi) is 5.25. The molecule has 4 nitrogen and oxygen atoms in total. The molecular formula is C14H25ClN4. The summed E-state index contributed by atoms with van der Waals surface area (Å²) in [7, 11) is 0. The summed E-state index contributed by atoms with van der Waals surface area (Å²) in [6, 6.07) is 1.16. The number of nitrogens with zero attached hydrogens (tertiary/aromatic N) is 2. The Morgan fingerprint density at radius 2 is 2.26 bits per heavy atom. The first-order valence-corrected chi connectivity index (χ1v) is 7.61. The van der Waals surface area contributed by atoms with E-state index in [1.807, 2.05) is 0 Å².